The van der Waals surface area contributed by atoms with Gasteiger partial charge < -0.3 is 19.8 Å². The molecule has 2 aromatic carbocycles. The van der Waals surface area contributed by atoms with E-state index in [9.17, 15) is 9.59 Å². The first kappa shape index (κ1) is 20.5. The van der Waals surface area contributed by atoms with Crippen LogP contribution in [0.1, 0.15) is 28.6 Å². The summed E-state index contributed by atoms with van der Waals surface area (Å²) in [6, 6.07) is 15.5. The second kappa shape index (κ2) is 9.30. The number of para-hydroxylation sites is 1. The van der Waals surface area contributed by atoms with Crippen LogP contribution in [0.5, 0.6) is 5.75 Å². The van der Waals surface area contributed by atoms with Crippen LogP contribution in [0.25, 0.3) is 0 Å². The third kappa shape index (κ3) is 5.39. The van der Waals surface area contributed by atoms with Gasteiger partial charge in [-0.25, -0.2) is 0 Å². The number of amides is 2. The van der Waals surface area contributed by atoms with Crippen molar-refractivity contribution in [3.05, 3.63) is 82.8 Å². The van der Waals surface area contributed by atoms with Crippen LogP contribution in [0.15, 0.2) is 65.3 Å². The minimum atomic E-state index is -0.769. The molecule has 0 saturated heterocycles. The highest BCUT2D eigenvalue weighted by atomic mass is 35.5. The average molecular weight is 413 g/mol. The van der Waals surface area contributed by atoms with Crippen molar-refractivity contribution in [2.75, 3.05) is 5.32 Å². The molecule has 2 amide bonds. The predicted molar refractivity (Wildman–Crippen MR) is 111 cm³/mol. The van der Waals surface area contributed by atoms with Gasteiger partial charge in [0.15, 0.2) is 6.10 Å². The minimum Gasteiger partial charge on any atom is -0.481 e. The van der Waals surface area contributed by atoms with Gasteiger partial charge in [0.2, 0.25) is 0 Å². The van der Waals surface area contributed by atoms with Gasteiger partial charge in [-0.2, -0.15) is 0 Å². The molecule has 1 heterocycles. The topological polar surface area (TPSA) is 80.6 Å². The summed E-state index contributed by atoms with van der Waals surface area (Å²) in [6.07, 6.45) is 0.772. The van der Waals surface area contributed by atoms with E-state index in [0.29, 0.717) is 27.8 Å². The molecular weight excluding hydrogens is 392 g/mol. The Kier molecular flexibility index (Phi) is 6.57. The first-order chi connectivity index (χ1) is 13.9. The van der Waals surface area contributed by atoms with Crippen LogP contribution in [0.2, 0.25) is 5.02 Å². The molecule has 0 aliphatic heterocycles. The minimum absolute atomic E-state index is 0.254. The highest BCUT2D eigenvalue weighted by Gasteiger charge is 2.19. The summed E-state index contributed by atoms with van der Waals surface area (Å²) in [5.74, 6) is 0.488. The number of halogens is 1. The number of nitrogens with one attached hydrogen (secondary N) is 2. The molecule has 0 aliphatic rings. The lowest BCUT2D eigenvalue weighted by Crippen LogP contribution is -2.31. The molecule has 29 heavy (non-hydrogen) atoms. The summed E-state index contributed by atoms with van der Waals surface area (Å²) < 4.78 is 10.9. The number of hydrogen-bond acceptors (Lipinski definition) is 4. The monoisotopic (exact) mass is 412 g/mol. The maximum Gasteiger partial charge on any atom is 0.265 e. The third-order valence-electron chi connectivity index (χ3n) is 4.24. The van der Waals surface area contributed by atoms with E-state index in [1.165, 1.54) is 0 Å². The van der Waals surface area contributed by atoms with E-state index in [0.717, 1.165) is 5.56 Å². The quantitative estimate of drug-likeness (QED) is 0.595. The molecule has 6 nitrogen and oxygen atoms in total. The van der Waals surface area contributed by atoms with Gasteiger partial charge in [0.25, 0.3) is 11.8 Å². The summed E-state index contributed by atoms with van der Waals surface area (Å²) in [7, 11) is 0. The van der Waals surface area contributed by atoms with Crippen molar-refractivity contribution in [1.29, 1.82) is 0 Å². The van der Waals surface area contributed by atoms with Gasteiger partial charge in [-0.1, -0.05) is 23.7 Å². The molecule has 150 valence electrons. The zero-order valence-corrected chi connectivity index (χ0v) is 16.8. The Bertz CT molecular complexity index is 1000. The van der Waals surface area contributed by atoms with Gasteiger partial charge in [-0.15, -0.1) is 0 Å². The Morgan fingerprint density at radius 3 is 2.66 bits per heavy atom. The summed E-state index contributed by atoms with van der Waals surface area (Å²) >= 11 is 6.01. The lowest BCUT2D eigenvalue weighted by molar-refractivity contribution is -0.122. The Morgan fingerprint density at radius 2 is 1.93 bits per heavy atom. The van der Waals surface area contributed by atoms with Crippen LogP contribution >= 0.6 is 11.6 Å². The van der Waals surface area contributed by atoms with E-state index in [4.69, 9.17) is 20.8 Å². The van der Waals surface area contributed by atoms with Crippen LogP contribution in [0.3, 0.4) is 0 Å². The molecule has 0 spiro atoms. The SMILES string of the molecule is Cc1cc(O[C@H](C)C(=O)Nc2ccccc2C(=O)NCc2ccco2)ccc1Cl. The Balaban J connectivity index is 1.65. The molecule has 0 saturated carbocycles. The van der Waals surface area contributed by atoms with Gasteiger partial charge in [-0.3, -0.25) is 9.59 Å². The number of furan rings is 1. The van der Waals surface area contributed by atoms with Crippen LogP contribution < -0.4 is 15.4 Å². The zero-order chi connectivity index (χ0) is 20.8. The van der Waals surface area contributed by atoms with Crippen molar-refractivity contribution in [2.45, 2.75) is 26.5 Å². The average Bonchev–Trinajstić information content (AvgIpc) is 3.23. The lowest BCUT2D eigenvalue weighted by Gasteiger charge is -2.17. The molecule has 2 N–H and O–H groups in total. The number of rotatable bonds is 7. The van der Waals surface area contributed by atoms with Gasteiger partial charge in [0, 0.05) is 5.02 Å². The number of ether oxygens (including phenoxy) is 1. The van der Waals surface area contributed by atoms with Crippen molar-refractivity contribution in [2.24, 2.45) is 0 Å². The first-order valence-electron chi connectivity index (χ1n) is 9.07. The molecule has 1 atom stereocenters. The zero-order valence-electron chi connectivity index (χ0n) is 16.1. The van der Waals surface area contributed by atoms with E-state index in [-0.39, 0.29) is 18.4 Å². The normalized spacial score (nSPS) is 11.6. The summed E-state index contributed by atoms with van der Waals surface area (Å²) in [6.45, 7) is 3.75. The Labute approximate surface area is 173 Å². The van der Waals surface area contributed by atoms with Crippen molar-refractivity contribution in [1.82, 2.24) is 5.32 Å². The summed E-state index contributed by atoms with van der Waals surface area (Å²) in [4.78, 5) is 25.1. The van der Waals surface area contributed by atoms with Crippen molar-refractivity contribution >= 4 is 29.1 Å². The maximum atomic E-state index is 12.6. The number of aryl methyl sites for hydroxylation is 1. The van der Waals surface area contributed by atoms with E-state index >= 15 is 0 Å². The molecule has 0 unspecified atom stereocenters. The van der Waals surface area contributed by atoms with Gasteiger partial charge >= 0.3 is 0 Å². The fraction of sp³-hybridized carbons (Fsp3) is 0.182. The van der Waals surface area contributed by atoms with Crippen LogP contribution in [-0.4, -0.2) is 17.9 Å². The molecule has 1 aromatic heterocycles. The van der Waals surface area contributed by atoms with Crippen LogP contribution in [0, 0.1) is 6.92 Å². The highest BCUT2D eigenvalue weighted by molar-refractivity contribution is 6.31. The third-order valence-corrected chi connectivity index (χ3v) is 4.67. The second-order valence-corrected chi connectivity index (χ2v) is 6.88. The smallest absolute Gasteiger partial charge is 0.265 e. The molecule has 7 heteroatoms. The first-order valence-corrected chi connectivity index (χ1v) is 9.45. The van der Waals surface area contributed by atoms with Crippen molar-refractivity contribution in [3.63, 3.8) is 0 Å². The van der Waals surface area contributed by atoms with E-state index in [1.807, 2.05) is 6.92 Å². The van der Waals surface area contributed by atoms with E-state index in [2.05, 4.69) is 10.6 Å². The standard InChI is InChI=1S/C22H21ClN2O4/c1-14-12-16(9-10-19(14)23)29-15(2)21(26)25-20-8-4-3-7-18(20)22(27)24-13-17-6-5-11-28-17/h3-12,15H,13H2,1-2H3,(H,24,27)(H,25,26)/t15-/m1/s1. The molecule has 3 aromatic rings. The van der Waals surface area contributed by atoms with Gasteiger partial charge in [-0.05, 0) is 61.9 Å². The lowest BCUT2D eigenvalue weighted by atomic mass is 10.1. The number of carbonyl (C=O) groups excluding carboxylic acids is 2. The molecule has 0 bridgehead atoms. The van der Waals surface area contributed by atoms with Crippen molar-refractivity contribution < 1.29 is 18.7 Å². The highest BCUT2D eigenvalue weighted by Crippen LogP contribution is 2.22. The van der Waals surface area contributed by atoms with Crippen LogP contribution in [0.4, 0.5) is 5.69 Å². The second-order valence-electron chi connectivity index (χ2n) is 6.47. The van der Waals surface area contributed by atoms with Gasteiger partial charge in [0.1, 0.15) is 11.5 Å². The summed E-state index contributed by atoms with van der Waals surface area (Å²) in [5.41, 5.74) is 1.61. The number of carbonyl (C=O) groups is 2. The van der Waals surface area contributed by atoms with E-state index in [1.54, 1.807) is 67.8 Å². The molecule has 0 fully saturated rings. The Hall–Kier alpha value is -3.25. The Morgan fingerprint density at radius 1 is 1.14 bits per heavy atom. The number of anilines is 1. The predicted octanol–water partition coefficient (Wildman–Crippen LogP) is 4.58. The van der Waals surface area contributed by atoms with Crippen LogP contribution in [-0.2, 0) is 11.3 Å². The molecule has 0 radical (unpaired) electrons. The fourth-order valence-electron chi connectivity index (χ4n) is 2.65. The summed E-state index contributed by atoms with van der Waals surface area (Å²) in [5, 5.41) is 6.15. The molecule has 3 rings (SSSR count). The van der Waals surface area contributed by atoms with Gasteiger partial charge in [0.05, 0.1) is 24.1 Å². The fourth-order valence-corrected chi connectivity index (χ4v) is 2.77. The molecular formula is C22H21ClN2O4. The molecule has 0 aliphatic carbocycles. The van der Waals surface area contributed by atoms with E-state index < -0.39 is 6.10 Å². The number of hydrogen-bond donors (Lipinski definition) is 2. The maximum absolute atomic E-state index is 12.6. The van der Waals surface area contributed by atoms with Crippen molar-refractivity contribution in [3.8, 4) is 5.75 Å². The number of benzene rings is 2. The largest absolute Gasteiger partial charge is 0.481 e.